The molecule has 0 aliphatic heterocycles. The molecule has 3 rings (SSSR count). The summed E-state index contributed by atoms with van der Waals surface area (Å²) in [6.45, 7) is 4.06. The number of carbonyl (C=O) groups is 1. The zero-order valence-corrected chi connectivity index (χ0v) is 17.8. The topological polar surface area (TPSA) is 77.0 Å². The predicted octanol–water partition coefficient (Wildman–Crippen LogP) is 3.88. The summed E-state index contributed by atoms with van der Waals surface area (Å²) in [6.07, 6.45) is 7.70. The SMILES string of the molecule is C#CCOc1cccc(Cc2cnc(NC(=O)CSc3nc(C)cc(C)n3)s2)c1. The first-order chi connectivity index (χ1) is 14.0. The van der Waals surface area contributed by atoms with E-state index in [0.29, 0.717) is 16.7 Å². The third-order valence-electron chi connectivity index (χ3n) is 3.69. The van der Waals surface area contributed by atoms with E-state index in [1.807, 2.05) is 44.2 Å². The molecule has 0 atom stereocenters. The van der Waals surface area contributed by atoms with E-state index in [2.05, 4.69) is 26.2 Å². The average Bonchev–Trinajstić information content (AvgIpc) is 3.11. The molecule has 6 nitrogen and oxygen atoms in total. The van der Waals surface area contributed by atoms with Crippen LogP contribution in [-0.2, 0) is 11.2 Å². The molecular formula is C21H20N4O2S2. The molecule has 1 N–H and O–H groups in total. The molecule has 2 heterocycles. The molecule has 148 valence electrons. The summed E-state index contributed by atoms with van der Waals surface area (Å²) in [5.74, 6) is 3.29. The van der Waals surface area contributed by atoms with Gasteiger partial charge in [0.25, 0.3) is 0 Å². The van der Waals surface area contributed by atoms with Gasteiger partial charge in [-0.3, -0.25) is 4.79 Å². The van der Waals surface area contributed by atoms with Crippen LogP contribution in [0.15, 0.2) is 41.7 Å². The highest BCUT2D eigenvalue weighted by Crippen LogP contribution is 2.23. The van der Waals surface area contributed by atoms with E-state index >= 15 is 0 Å². The molecule has 0 saturated heterocycles. The molecule has 0 unspecified atom stereocenters. The van der Waals surface area contributed by atoms with Crippen molar-refractivity contribution >= 4 is 34.1 Å². The number of hydrogen-bond donors (Lipinski definition) is 1. The summed E-state index contributed by atoms with van der Waals surface area (Å²) in [7, 11) is 0. The summed E-state index contributed by atoms with van der Waals surface area (Å²) in [5.41, 5.74) is 2.86. The molecule has 0 spiro atoms. The average molecular weight is 425 g/mol. The number of carbonyl (C=O) groups excluding carboxylic acids is 1. The Bertz CT molecular complexity index is 1020. The Morgan fingerprint density at radius 3 is 2.83 bits per heavy atom. The Labute approximate surface area is 178 Å². The maximum absolute atomic E-state index is 12.2. The number of nitrogens with one attached hydrogen (secondary N) is 1. The highest BCUT2D eigenvalue weighted by atomic mass is 32.2. The van der Waals surface area contributed by atoms with Crippen molar-refractivity contribution in [3.05, 3.63) is 58.4 Å². The van der Waals surface area contributed by atoms with Gasteiger partial charge in [-0.2, -0.15) is 0 Å². The largest absolute Gasteiger partial charge is 0.481 e. The fourth-order valence-corrected chi connectivity index (χ4v) is 4.17. The van der Waals surface area contributed by atoms with Crippen molar-refractivity contribution in [1.29, 1.82) is 0 Å². The monoisotopic (exact) mass is 424 g/mol. The number of ether oxygens (including phenoxy) is 1. The number of hydrogen-bond acceptors (Lipinski definition) is 7. The number of terminal acetylenes is 1. The van der Waals surface area contributed by atoms with E-state index in [4.69, 9.17) is 11.2 Å². The molecule has 1 aromatic carbocycles. The van der Waals surface area contributed by atoms with Crippen LogP contribution in [0.25, 0.3) is 0 Å². The van der Waals surface area contributed by atoms with Crippen LogP contribution in [0.3, 0.4) is 0 Å². The summed E-state index contributed by atoms with van der Waals surface area (Å²) in [6, 6.07) is 9.67. The second-order valence-electron chi connectivity index (χ2n) is 6.22. The Kier molecular flexibility index (Phi) is 7.22. The molecule has 2 aromatic heterocycles. The van der Waals surface area contributed by atoms with Gasteiger partial charge in [0, 0.05) is 28.9 Å². The van der Waals surface area contributed by atoms with E-state index in [1.54, 1.807) is 6.20 Å². The van der Waals surface area contributed by atoms with Crippen molar-refractivity contribution in [3.8, 4) is 18.1 Å². The van der Waals surface area contributed by atoms with Crippen LogP contribution in [0.4, 0.5) is 5.13 Å². The van der Waals surface area contributed by atoms with Crippen LogP contribution in [-0.4, -0.2) is 33.2 Å². The van der Waals surface area contributed by atoms with Crippen LogP contribution in [0.1, 0.15) is 21.8 Å². The fraction of sp³-hybridized carbons (Fsp3) is 0.238. The lowest BCUT2D eigenvalue weighted by molar-refractivity contribution is -0.113. The fourth-order valence-electron chi connectivity index (χ4n) is 2.56. The number of amides is 1. The van der Waals surface area contributed by atoms with E-state index < -0.39 is 0 Å². The lowest BCUT2D eigenvalue weighted by Crippen LogP contribution is -2.14. The molecule has 0 bridgehead atoms. The quantitative estimate of drug-likeness (QED) is 0.336. The van der Waals surface area contributed by atoms with Gasteiger partial charge in [-0.15, -0.1) is 17.8 Å². The second-order valence-corrected chi connectivity index (χ2v) is 8.28. The smallest absolute Gasteiger partial charge is 0.236 e. The zero-order chi connectivity index (χ0) is 20.6. The molecule has 29 heavy (non-hydrogen) atoms. The third-order valence-corrected chi connectivity index (χ3v) is 5.45. The first-order valence-corrected chi connectivity index (χ1v) is 10.7. The Morgan fingerprint density at radius 1 is 1.28 bits per heavy atom. The van der Waals surface area contributed by atoms with Crippen LogP contribution < -0.4 is 10.1 Å². The minimum absolute atomic E-state index is 0.136. The first kappa shape index (κ1) is 20.8. The Hall–Kier alpha value is -2.89. The number of aryl methyl sites for hydroxylation is 2. The highest BCUT2D eigenvalue weighted by Gasteiger charge is 2.10. The van der Waals surface area contributed by atoms with Crippen molar-refractivity contribution in [2.24, 2.45) is 0 Å². The minimum Gasteiger partial charge on any atom is -0.481 e. The predicted molar refractivity (Wildman–Crippen MR) is 117 cm³/mol. The van der Waals surface area contributed by atoms with Crippen LogP contribution >= 0.6 is 23.1 Å². The number of rotatable bonds is 8. The summed E-state index contributed by atoms with van der Waals surface area (Å²) < 4.78 is 5.45. The van der Waals surface area contributed by atoms with Gasteiger partial charge in [-0.25, -0.2) is 15.0 Å². The number of thioether (sulfide) groups is 1. The molecule has 8 heteroatoms. The van der Waals surface area contributed by atoms with Gasteiger partial charge in [-0.1, -0.05) is 29.8 Å². The standard InChI is InChI=1S/C21H20N4O2S2/c1-4-8-27-17-7-5-6-16(10-17)11-18-12-22-20(29-18)25-19(26)13-28-21-23-14(2)9-15(3)24-21/h1,5-7,9-10,12H,8,11,13H2,2-3H3,(H,22,25,26). The molecular weight excluding hydrogens is 404 g/mol. The number of thiazole rings is 1. The van der Waals surface area contributed by atoms with Crippen molar-refractivity contribution in [2.45, 2.75) is 25.4 Å². The van der Waals surface area contributed by atoms with E-state index in [1.165, 1.54) is 23.1 Å². The Balaban J connectivity index is 1.53. The molecule has 0 radical (unpaired) electrons. The van der Waals surface area contributed by atoms with Crippen LogP contribution in [0, 0.1) is 26.2 Å². The molecule has 0 fully saturated rings. The minimum atomic E-state index is -0.136. The van der Waals surface area contributed by atoms with Gasteiger partial charge in [0.1, 0.15) is 12.4 Å². The third kappa shape index (κ3) is 6.59. The summed E-state index contributed by atoms with van der Waals surface area (Å²) in [5, 5.41) is 4.01. The maximum Gasteiger partial charge on any atom is 0.236 e. The zero-order valence-electron chi connectivity index (χ0n) is 16.1. The molecule has 0 aliphatic carbocycles. The van der Waals surface area contributed by atoms with E-state index in [9.17, 15) is 4.79 Å². The Morgan fingerprint density at radius 2 is 2.07 bits per heavy atom. The second kappa shape index (κ2) is 10.0. The lowest BCUT2D eigenvalue weighted by Gasteiger charge is -2.04. The molecule has 0 aliphatic rings. The van der Waals surface area contributed by atoms with Gasteiger partial charge < -0.3 is 10.1 Å². The molecule has 3 aromatic rings. The number of benzene rings is 1. The van der Waals surface area contributed by atoms with E-state index in [0.717, 1.165) is 27.6 Å². The van der Waals surface area contributed by atoms with Gasteiger partial charge in [-0.05, 0) is 37.6 Å². The lowest BCUT2D eigenvalue weighted by atomic mass is 10.1. The van der Waals surface area contributed by atoms with Gasteiger partial charge in [0.05, 0.1) is 5.75 Å². The van der Waals surface area contributed by atoms with E-state index in [-0.39, 0.29) is 18.3 Å². The van der Waals surface area contributed by atoms with Crippen molar-refractivity contribution in [2.75, 3.05) is 17.7 Å². The van der Waals surface area contributed by atoms with Gasteiger partial charge in [0.2, 0.25) is 5.91 Å². The van der Waals surface area contributed by atoms with Crippen molar-refractivity contribution in [3.63, 3.8) is 0 Å². The van der Waals surface area contributed by atoms with Gasteiger partial charge >= 0.3 is 0 Å². The number of nitrogens with zero attached hydrogens (tertiary/aromatic N) is 3. The highest BCUT2D eigenvalue weighted by molar-refractivity contribution is 7.99. The maximum atomic E-state index is 12.2. The van der Waals surface area contributed by atoms with Crippen molar-refractivity contribution in [1.82, 2.24) is 15.0 Å². The number of anilines is 1. The van der Waals surface area contributed by atoms with Crippen LogP contribution in [0.5, 0.6) is 5.75 Å². The van der Waals surface area contributed by atoms with Crippen molar-refractivity contribution < 1.29 is 9.53 Å². The summed E-state index contributed by atoms with van der Waals surface area (Å²) in [4.78, 5) is 26.2. The van der Waals surface area contributed by atoms with Crippen LogP contribution in [0.2, 0.25) is 0 Å². The normalized spacial score (nSPS) is 10.4. The molecule has 0 saturated carbocycles. The molecule has 1 amide bonds. The first-order valence-electron chi connectivity index (χ1n) is 8.86. The van der Waals surface area contributed by atoms with Gasteiger partial charge in [0.15, 0.2) is 10.3 Å². The summed E-state index contributed by atoms with van der Waals surface area (Å²) >= 11 is 2.76. The number of aromatic nitrogens is 3.